The number of amides is 1. The number of anilines is 2. The van der Waals surface area contributed by atoms with Gasteiger partial charge in [0.25, 0.3) is 5.91 Å². The highest BCUT2D eigenvalue weighted by molar-refractivity contribution is 7.98. The number of thioether (sulfide) groups is 1. The van der Waals surface area contributed by atoms with E-state index in [0.717, 1.165) is 11.4 Å². The molecule has 1 amide bonds. The van der Waals surface area contributed by atoms with Crippen molar-refractivity contribution in [3.05, 3.63) is 77.1 Å². The monoisotopic (exact) mass is 384 g/mol. The summed E-state index contributed by atoms with van der Waals surface area (Å²) in [7, 11) is 1.83. The summed E-state index contributed by atoms with van der Waals surface area (Å²) in [5.74, 6) is 1.28. The van der Waals surface area contributed by atoms with E-state index in [9.17, 15) is 4.79 Å². The number of benzene rings is 1. The number of pyridine rings is 2. The number of nitrogens with one attached hydrogen (secondary N) is 2. The van der Waals surface area contributed by atoms with Gasteiger partial charge >= 0.3 is 0 Å². The first-order chi connectivity index (χ1) is 12.7. The van der Waals surface area contributed by atoms with Gasteiger partial charge in [0.2, 0.25) is 0 Å². The van der Waals surface area contributed by atoms with Crippen molar-refractivity contribution in [3.63, 3.8) is 0 Å². The van der Waals surface area contributed by atoms with Crippen LogP contribution >= 0.6 is 23.4 Å². The molecule has 2 N–H and O–H groups in total. The number of aromatic nitrogens is 2. The first kappa shape index (κ1) is 18.2. The van der Waals surface area contributed by atoms with Crippen molar-refractivity contribution in [1.82, 2.24) is 9.97 Å². The zero-order valence-corrected chi connectivity index (χ0v) is 15.6. The third-order valence-corrected chi connectivity index (χ3v) is 4.87. The Morgan fingerprint density at radius 1 is 1.12 bits per heavy atom. The third-order valence-electron chi connectivity index (χ3n) is 3.55. The largest absolute Gasteiger partial charge is 0.373 e. The fourth-order valence-electron chi connectivity index (χ4n) is 2.30. The van der Waals surface area contributed by atoms with E-state index in [1.165, 1.54) is 11.8 Å². The second-order valence-electron chi connectivity index (χ2n) is 5.41. The molecule has 3 aromatic rings. The SMILES string of the molecule is CNc1cc(CSc2ncccc2C(=O)Nc2cccc(Cl)c2)ccn1. The lowest BCUT2D eigenvalue weighted by atomic mass is 10.2. The van der Waals surface area contributed by atoms with Crippen molar-refractivity contribution < 1.29 is 4.79 Å². The van der Waals surface area contributed by atoms with E-state index < -0.39 is 0 Å². The Balaban J connectivity index is 1.74. The normalized spacial score (nSPS) is 10.4. The van der Waals surface area contributed by atoms with E-state index in [-0.39, 0.29) is 5.91 Å². The standard InChI is InChI=1S/C19H17ClN4OS/c1-21-17-10-13(7-9-22-17)12-26-19-16(6-3-8-23-19)18(25)24-15-5-2-4-14(20)11-15/h2-11H,12H2,1H3,(H,21,22)(H,24,25). The quantitative estimate of drug-likeness (QED) is 0.602. The molecule has 0 atom stereocenters. The fraction of sp³-hybridized carbons (Fsp3) is 0.105. The molecule has 0 saturated carbocycles. The maximum atomic E-state index is 12.6. The maximum Gasteiger partial charge on any atom is 0.258 e. The number of nitrogens with zero attached hydrogens (tertiary/aromatic N) is 2. The zero-order valence-electron chi connectivity index (χ0n) is 14.1. The minimum absolute atomic E-state index is 0.214. The molecule has 0 unspecified atom stereocenters. The highest BCUT2D eigenvalue weighted by atomic mass is 35.5. The lowest BCUT2D eigenvalue weighted by molar-refractivity contribution is 0.102. The van der Waals surface area contributed by atoms with Crippen molar-refractivity contribution in [2.75, 3.05) is 17.7 Å². The number of rotatable bonds is 6. The van der Waals surface area contributed by atoms with E-state index in [1.807, 2.05) is 19.2 Å². The summed E-state index contributed by atoms with van der Waals surface area (Å²) in [5.41, 5.74) is 2.27. The van der Waals surface area contributed by atoms with Crippen LogP contribution in [0, 0.1) is 0 Å². The number of carbonyl (C=O) groups is 1. The van der Waals surface area contributed by atoms with Gasteiger partial charge in [-0.05, 0) is 48.0 Å². The van der Waals surface area contributed by atoms with Crippen LogP contribution in [0.25, 0.3) is 0 Å². The molecule has 0 aliphatic carbocycles. The summed E-state index contributed by atoms with van der Waals surface area (Å²) >= 11 is 7.48. The lowest BCUT2D eigenvalue weighted by Gasteiger charge is -2.10. The van der Waals surface area contributed by atoms with E-state index in [2.05, 4.69) is 20.6 Å². The van der Waals surface area contributed by atoms with Crippen LogP contribution in [0.5, 0.6) is 0 Å². The first-order valence-corrected chi connectivity index (χ1v) is 9.29. The van der Waals surface area contributed by atoms with Crippen molar-refractivity contribution in [1.29, 1.82) is 0 Å². The average molecular weight is 385 g/mol. The van der Waals surface area contributed by atoms with E-state index in [4.69, 9.17) is 11.6 Å². The van der Waals surface area contributed by atoms with Crippen LogP contribution in [0.1, 0.15) is 15.9 Å². The summed E-state index contributed by atoms with van der Waals surface area (Å²) in [6, 6.07) is 14.5. The summed E-state index contributed by atoms with van der Waals surface area (Å²) in [6.45, 7) is 0. The molecule has 0 radical (unpaired) electrons. The van der Waals surface area contributed by atoms with Gasteiger partial charge < -0.3 is 10.6 Å². The van der Waals surface area contributed by atoms with Crippen LogP contribution in [0.15, 0.2) is 66.0 Å². The minimum atomic E-state index is -0.214. The molecule has 0 bridgehead atoms. The van der Waals surface area contributed by atoms with Gasteiger partial charge in [0.1, 0.15) is 10.8 Å². The maximum absolute atomic E-state index is 12.6. The van der Waals surface area contributed by atoms with Crippen LogP contribution in [-0.2, 0) is 5.75 Å². The summed E-state index contributed by atoms with van der Waals surface area (Å²) in [6.07, 6.45) is 3.44. The van der Waals surface area contributed by atoms with Crippen LogP contribution in [-0.4, -0.2) is 22.9 Å². The van der Waals surface area contributed by atoms with Gasteiger partial charge in [-0.25, -0.2) is 9.97 Å². The van der Waals surface area contributed by atoms with Crippen molar-refractivity contribution in [3.8, 4) is 0 Å². The highest BCUT2D eigenvalue weighted by Crippen LogP contribution is 2.26. The van der Waals surface area contributed by atoms with Gasteiger partial charge in [-0.3, -0.25) is 4.79 Å². The number of hydrogen-bond acceptors (Lipinski definition) is 5. The molecular formula is C19H17ClN4OS. The Labute approximate surface area is 161 Å². The molecule has 132 valence electrons. The van der Waals surface area contributed by atoms with E-state index >= 15 is 0 Å². The van der Waals surface area contributed by atoms with Crippen molar-refractivity contribution in [2.24, 2.45) is 0 Å². The molecule has 2 heterocycles. The van der Waals surface area contributed by atoms with E-state index in [0.29, 0.717) is 27.1 Å². The third kappa shape index (κ3) is 4.74. The van der Waals surface area contributed by atoms with Crippen molar-refractivity contribution >= 4 is 40.8 Å². The van der Waals surface area contributed by atoms with E-state index in [1.54, 1.807) is 48.8 Å². The lowest BCUT2D eigenvalue weighted by Crippen LogP contribution is -2.13. The second-order valence-corrected chi connectivity index (χ2v) is 6.81. The van der Waals surface area contributed by atoms with Gasteiger partial charge in [-0.15, -0.1) is 11.8 Å². The summed E-state index contributed by atoms with van der Waals surface area (Å²) < 4.78 is 0. The molecule has 2 aromatic heterocycles. The molecule has 0 saturated heterocycles. The second kappa shape index (κ2) is 8.69. The van der Waals surface area contributed by atoms with Crippen LogP contribution < -0.4 is 10.6 Å². The smallest absolute Gasteiger partial charge is 0.258 e. The Morgan fingerprint density at radius 2 is 2.00 bits per heavy atom. The predicted molar refractivity (Wildman–Crippen MR) is 107 cm³/mol. The number of carbonyl (C=O) groups excluding carboxylic acids is 1. The molecule has 0 aliphatic rings. The Kier molecular flexibility index (Phi) is 6.09. The molecule has 5 nitrogen and oxygen atoms in total. The van der Waals surface area contributed by atoms with Gasteiger partial charge in [0.05, 0.1) is 5.56 Å². The first-order valence-electron chi connectivity index (χ1n) is 7.93. The van der Waals surface area contributed by atoms with Crippen LogP contribution in [0.3, 0.4) is 0 Å². The number of halogens is 1. The van der Waals surface area contributed by atoms with Crippen LogP contribution in [0.2, 0.25) is 5.02 Å². The molecule has 7 heteroatoms. The molecule has 26 heavy (non-hydrogen) atoms. The van der Waals surface area contributed by atoms with Gasteiger partial charge in [-0.2, -0.15) is 0 Å². The highest BCUT2D eigenvalue weighted by Gasteiger charge is 2.13. The van der Waals surface area contributed by atoms with Crippen LogP contribution in [0.4, 0.5) is 11.5 Å². The molecular weight excluding hydrogens is 368 g/mol. The zero-order chi connectivity index (χ0) is 18.4. The molecule has 3 rings (SSSR count). The Hall–Kier alpha value is -2.57. The molecule has 1 aromatic carbocycles. The fourth-order valence-corrected chi connectivity index (χ4v) is 3.42. The van der Waals surface area contributed by atoms with Crippen molar-refractivity contribution in [2.45, 2.75) is 10.8 Å². The van der Waals surface area contributed by atoms with Gasteiger partial charge in [-0.1, -0.05) is 17.7 Å². The molecule has 0 aliphatic heterocycles. The Bertz CT molecular complexity index is 919. The average Bonchev–Trinajstić information content (AvgIpc) is 2.67. The van der Waals surface area contributed by atoms with Gasteiger partial charge in [0.15, 0.2) is 0 Å². The summed E-state index contributed by atoms with van der Waals surface area (Å²) in [4.78, 5) is 21.2. The van der Waals surface area contributed by atoms with Gasteiger partial charge in [0, 0.05) is 35.9 Å². The number of hydrogen-bond donors (Lipinski definition) is 2. The summed E-state index contributed by atoms with van der Waals surface area (Å²) in [5, 5.41) is 7.12. The molecule has 0 fully saturated rings. The minimum Gasteiger partial charge on any atom is -0.373 e. The topological polar surface area (TPSA) is 66.9 Å². The predicted octanol–water partition coefficient (Wildman–Crippen LogP) is 4.72. The Morgan fingerprint density at radius 3 is 2.81 bits per heavy atom. The molecule has 0 spiro atoms.